The second kappa shape index (κ2) is 8.64. The van der Waals surface area contributed by atoms with E-state index in [1.165, 1.54) is 12.1 Å². The number of carbonyl (C=O) groups excluding carboxylic acids is 1. The molecule has 0 bridgehead atoms. The molecule has 1 N–H and O–H groups in total. The van der Waals surface area contributed by atoms with Crippen molar-refractivity contribution in [3.63, 3.8) is 0 Å². The summed E-state index contributed by atoms with van der Waals surface area (Å²) < 4.78 is 69.8. The fourth-order valence-electron chi connectivity index (χ4n) is 3.24. The Kier molecular flexibility index (Phi) is 6.45. The molecule has 0 saturated carbocycles. The van der Waals surface area contributed by atoms with Crippen LogP contribution < -0.4 is 9.50 Å². The quantitative estimate of drug-likeness (QED) is 0.521. The molecule has 1 aromatic heterocycles. The highest BCUT2D eigenvalue weighted by Gasteiger charge is 2.48. The molecule has 12 heteroatoms. The second-order valence-corrected chi connectivity index (χ2v) is 10.0. The number of hydrogen-bond acceptors (Lipinski definition) is 7. The van der Waals surface area contributed by atoms with Crippen LogP contribution >= 0.6 is 0 Å². The smallest absolute Gasteiger partial charge is 0.444 e. The molecule has 1 aliphatic heterocycles. The number of amides is 1. The van der Waals surface area contributed by atoms with Gasteiger partial charge in [-0.1, -0.05) is 0 Å². The van der Waals surface area contributed by atoms with E-state index in [9.17, 15) is 26.4 Å². The van der Waals surface area contributed by atoms with Gasteiger partial charge in [0.25, 0.3) is 0 Å². The number of carbonyl (C=O) groups is 1. The molecule has 2 aromatic rings. The Balaban J connectivity index is 1.73. The van der Waals surface area contributed by atoms with Crippen LogP contribution in [0.25, 0.3) is 10.9 Å². The number of ether oxygens (including phenoxy) is 1. The molecule has 32 heavy (non-hydrogen) atoms. The maximum Gasteiger partial charge on any atom is 0.534 e. The number of benzene rings is 1. The monoisotopic (exact) mass is 475 g/mol. The normalized spacial score (nSPS) is 17.8. The predicted molar refractivity (Wildman–Crippen MR) is 112 cm³/mol. The molecular formula is C20H24F3N3O5S. The van der Waals surface area contributed by atoms with Crippen molar-refractivity contribution in [1.82, 2.24) is 9.88 Å². The van der Waals surface area contributed by atoms with E-state index in [4.69, 9.17) is 4.74 Å². The van der Waals surface area contributed by atoms with Gasteiger partial charge in [0, 0.05) is 24.5 Å². The molecule has 1 aromatic carbocycles. The minimum absolute atomic E-state index is 0.0828. The van der Waals surface area contributed by atoms with Crippen molar-refractivity contribution < 1.29 is 35.3 Å². The van der Waals surface area contributed by atoms with Crippen LogP contribution in [0, 0.1) is 0 Å². The number of aromatic nitrogens is 1. The first-order valence-electron chi connectivity index (χ1n) is 9.88. The number of halogens is 3. The van der Waals surface area contributed by atoms with Gasteiger partial charge in [0.15, 0.2) is 0 Å². The summed E-state index contributed by atoms with van der Waals surface area (Å²) >= 11 is 0. The Morgan fingerprint density at radius 3 is 2.59 bits per heavy atom. The molecule has 1 aliphatic rings. The zero-order chi connectivity index (χ0) is 23.7. The van der Waals surface area contributed by atoms with E-state index >= 15 is 0 Å². The molecule has 1 fully saturated rings. The molecule has 2 heterocycles. The molecule has 0 spiro atoms. The molecule has 8 nitrogen and oxygen atoms in total. The topological polar surface area (TPSA) is 97.8 Å². The standard InChI is InChI=1S/C20H24F3N3O5S/c1-19(2,3)30-18(27)26-8-4-5-14(12-26)25-15-9-13-10-16(6-7-17(13)24-11-15)31-32(28,29)20(21,22)23/h6-7,9-11,14,25H,4-5,8,12H2,1-3H3. The lowest BCUT2D eigenvalue weighted by atomic mass is 10.1. The fraction of sp³-hybridized carbons (Fsp3) is 0.500. The zero-order valence-corrected chi connectivity index (χ0v) is 18.6. The zero-order valence-electron chi connectivity index (χ0n) is 17.8. The molecule has 1 amide bonds. The highest BCUT2D eigenvalue weighted by Crippen LogP contribution is 2.29. The molecule has 3 rings (SSSR count). The van der Waals surface area contributed by atoms with Crippen molar-refractivity contribution in [2.24, 2.45) is 0 Å². The minimum atomic E-state index is -5.77. The van der Waals surface area contributed by atoms with Gasteiger partial charge < -0.3 is 19.1 Å². The molecule has 0 aliphatic carbocycles. The molecule has 1 unspecified atom stereocenters. The lowest BCUT2D eigenvalue weighted by molar-refractivity contribution is -0.0500. The van der Waals surface area contributed by atoms with Gasteiger partial charge in [-0.05, 0) is 57.9 Å². The Labute approximate surface area is 183 Å². The van der Waals surface area contributed by atoms with Gasteiger partial charge >= 0.3 is 21.7 Å². The third kappa shape index (κ3) is 5.93. The van der Waals surface area contributed by atoms with Crippen molar-refractivity contribution in [3.05, 3.63) is 30.5 Å². The van der Waals surface area contributed by atoms with Gasteiger partial charge in [-0.25, -0.2) is 4.79 Å². The lowest BCUT2D eigenvalue weighted by Crippen LogP contribution is -2.46. The van der Waals surface area contributed by atoms with Crippen LogP contribution in [-0.4, -0.2) is 54.6 Å². The summed E-state index contributed by atoms with van der Waals surface area (Å²) in [4.78, 5) is 18.2. The van der Waals surface area contributed by atoms with E-state index in [0.29, 0.717) is 29.7 Å². The summed E-state index contributed by atoms with van der Waals surface area (Å²) in [5, 5.41) is 3.65. The van der Waals surface area contributed by atoms with Crippen molar-refractivity contribution in [2.75, 3.05) is 18.4 Å². The maximum atomic E-state index is 12.6. The van der Waals surface area contributed by atoms with E-state index in [1.807, 2.05) is 0 Å². The fourth-order valence-corrected chi connectivity index (χ4v) is 3.69. The number of anilines is 1. The average Bonchev–Trinajstić information content (AvgIpc) is 2.65. The van der Waals surface area contributed by atoms with Gasteiger partial charge in [0.1, 0.15) is 11.4 Å². The number of nitrogens with zero attached hydrogens (tertiary/aromatic N) is 2. The SMILES string of the molecule is CC(C)(C)OC(=O)N1CCCC(Nc2cnc3ccc(OS(=O)(=O)C(F)(F)F)cc3c2)C1. The minimum Gasteiger partial charge on any atom is -0.444 e. The molecule has 1 saturated heterocycles. The number of nitrogens with one attached hydrogen (secondary N) is 1. The lowest BCUT2D eigenvalue weighted by Gasteiger charge is -2.34. The molecule has 0 radical (unpaired) electrons. The Hall–Kier alpha value is -2.76. The van der Waals surface area contributed by atoms with Crippen LogP contribution in [-0.2, 0) is 14.9 Å². The Morgan fingerprint density at radius 1 is 1.22 bits per heavy atom. The van der Waals surface area contributed by atoms with E-state index in [2.05, 4.69) is 14.5 Å². The number of piperidine rings is 1. The van der Waals surface area contributed by atoms with Crippen LogP contribution in [0.5, 0.6) is 5.75 Å². The third-order valence-electron chi connectivity index (χ3n) is 4.59. The Bertz CT molecular complexity index is 1100. The molecule has 176 valence electrons. The number of likely N-dealkylation sites (tertiary alicyclic amines) is 1. The number of pyridine rings is 1. The van der Waals surface area contributed by atoms with E-state index in [0.717, 1.165) is 18.9 Å². The number of fused-ring (bicyclic) bond motifs is 1. The van der Waals surface area contributed by atoms with E-state index in [1.54, 1.807) is 37.9 Å². The number of rotatable bonds is 4. The largest absolute Gasteiger partial charge is 0.534 e. The summed E-state index contributed by atoms with van der Waals surface area (Å²) in [6.07, 6.45) is 2.73. The average molecular weight is 475 g/mol. The summed E-state index contributed by atoms with van der Waals surface area (Å²) in [6, 6.07) is 5.18. The summed E-state index contributed by atoms with van der Waals surface area (Å²) in [6.45, 7) is 6.38. The predicted octanol–water partition coefficient (Wildman–Crippen LogP) is 4.27. The maximum absolute atomic E-state index is 12.6. The Morgan fingerprint density at radius 2 is 1.94 bits per heavy atom. The van der Waals surface area contributed by atoms with Crippen LogP contribution in [0.15, 0.2) is 30.5 Å². The molecular weight excluding hydrogens is 451 g/mol. The highest BCUT2D eigenvalue weighted by molar-refractivity contribution is 7.88. The van der Waals surface area contributed by atoms with Gasteiger partial charge in [-0.2, -0.15) is 21.6 Å². The van der Waals surface area contributed by atoms with Gasteiger partial charge in [0.05, 0.1) is 17.4 Å². The molecule has 1 atom stereocenters. The van der Waals surface area contributed by atoms with Gasteiger partial charge in [-0.15, -0.1) is 0 Å². The van der Waals surface area contributed by atoms with Crippen LogP contribution in [0.1, 0.15) is 33.6 Å². The number of alkyl halides is 3. The second-order valence-electron chi connectivity index (χ2n) is 8.47. The van der Waals surface area contributed by atoms with E-state index < -0.39 is 33.1 Å². The van der Waals surface area contributed by atoms with Crippen LogP contribution in [0.2, 0.25) is 0 Å². The van der Waals surface area contributed by atoms with Crippen LogP contribution in [0.3, 0.4) is 0 Å². The highest BCUT2D eigenvalue weighted by atomic mass is 32.2. The third-order valence-corrected chi connectivity index (χ3v) is 5.56. The van der Waals surface area contributed by atoms with Gasteiger partial charge in [0.2, 0.25) is 0 Å². The van der Waals surface area contributed by atoms with Crippen molar-refractivity contribution >= 4 is 32.8 Å². The van der Waals surface area contributed by atoms with Gasteiger partial charge in [-0.3, -0.25) is 4.98 Å². The first kappa shape index (κ1) is 23.9. The van der Waals surface area contributed by atoms with Crippen molar-refractivity contribution in [1.29, 1.82) is 0 Å². The summed E-state index contributed by atoms with van der Waals surface area (Å²) in [5.74, 6) is -0.470. The van der Waals surface area contributed by atoms with E-state index in [-0.39, 0.29) is 6.04 Å². The van der Waals surface area contributed by atoms with Crippen LogP contribution in [0.4, 0.5) is 23.7 Å². The van der Waals surface area contributed by atoms with Crippen molar-refractivity contribution in [3.8, 4) is 5.75 Å². The summed E-state index contributed by atoms with van der Waals surface area (Å²) in [5.41, 5.74) is -5.10. The van der Waals surface area contributed by atoms with Crippen molar-refractivity contribution in [2.45, 2.75) is 50.8 Å². The first-order chi connectivity index (χ1) is 14.7. The first-order valence-corrected chi connectivity index (χ1v) is 11.3. The number of hydrogen-bond donors (Lipinski definition) is 1. The summed E-state index contributed by atoms with van der Waals surface area (Å²) in [7, 11) is -5.77.